The third-order valence-electron chi connectivity index (χ3n) is 5.11. The third kappa shape index (κ3) is 3.63. The minimum atomic E-state index is -0.00744. The van der Waals surface area contributed by atoms with Gasteiger partial charge in [-0.15, -0.1) is 5.10 Å². The maximum Gasteiger partial charge on any atom is 0.220 e. The number of aryl methyl sites for hydroxylation is 2. The van der Waals surface area contributed by atoms with Gasteiger partial charge in [0.05, 0.1) is 12.6 Å². The summed E-state index contributed by atoms with van der Waals surface area (Å²) in [6.45, 7) is 6.63. The molecule has 4 rings (SSSR count). The first-order chi connectivity index (χ1) is 14.0. The highest BCUT2D eigenvalue weighted by molar-refractivity contribution is 5.86. The lowest BCUT2D eigenvalue weighted by atomic mass is 10.0. The largest absolute Gasteiger partial charge is 0.497 e. The standard InChI is InChI=1S/C22H23N5O2/c1-14-9-15(2)21-18(10-14)11-19(22-23-24-25-27(21)22)13-26(16(3)28)12-17-5-7-20(29-4)8-6-17/h5-11H,12-13H2,1-4H3. The summed E-state index contributed by atoms with van der Waals surface area (Å²) in [6, 6.07) is 14.1. The van der Waals surface area contributed by atoms with Crippen molar-refractivity contribution >= 4 is 22.5 Å². The summed E-state index contributed by atoms with van der Waals surface area (Å²) < 4.78 is 6.98. The first-order valence-electron chi connectivity index (χ1n) is 9.45. The van der Waals surface area contributed by atoms with Crippen LogP contribution in [0.5, 0.6) is 5.75 Å². The lowest BCUT2D eigenvalue weighted by Crippen LogP contribution is -2.28. The van der Waals surface area contributed by atoms with Crippen LogP contribution in [-0.4, -0.2) is 38.0 Å². The highest BCUT2D eigenvalue weighted by Gasteiger charge is 2.17. The number of ether oxygens (including phenoxy) is 1. The molecule has 0 spiro atoms. The van der Waals surface area contributed by atoms with E-state index in [9.17, 15) is 4.79 Å². The second-order valence-corrected chi connectivity index (χ2v) is 7.33. The molecule has 148 valence electrons. The van der Waals surface area contributed by atoms with Crippen molar-refractivity contribution in [2.45, 2.75) is 33.9 Å². The fourth-order valence-corrected chi connectivity index (χ4v) is 3.73. The molecule has 0 N–H and O–H groups in total. The number of carbonyl (C=O) groups is 1. The predicted octanol–water partition coefficient (Wildman–Crippen LogP) is 3.45. The molecule has 7 heteroatoms. The SMILES string of the molecule is COc1ccc(CN(Cc2cc3cc(C)cc(C)c3n3nnnc23)C(C)=O)cc1. The van der Waals surface area contributed by atoms with Crippen LogP contribution in [0.25, 0.3) is 16.6 Å². The quantitative estimate of drug-likeness (QED) is 0.523. The Morgan fingerprint density at radius 1 is 1.10 bits per heavy atom. The Labute approximate surface area is 168 Å². The Hall–Kier alpha value is -3.48. The van der Waals surface area contributed by atoms with E-state index in [0.717, 1.165) is 33.3 Å². The highest BCUT2D eigenvalue weighted by Crippen LogP contribution is 2.25. The number of methoxy groups -OCH3 is 1. The van der Waals surface area contributed by atoms with Gasteiger partial charge in [-0.1, -0.05) is 23.8 Å². The van der Waals surface area contributed by atoms with Gasteiger partial charge >= 0.3 is 0 Å². The molecule has 0 aliphatic carbocycles. The van der Waals surface area contributed by atoms with E-state index in [2.05, 4.69) is 47.6 Å². The summed E-state index contributed by atoms with van der Waals surface area (Å²) in [7, 11) is 1.64. The van der Waals surface area contributed by atoms with Gasteiger partial charge < -0.3 is 9.64 Å². The van der Waals surface area contributed by atoms with Gasteiger partial charge in [0.2, 0.25) is 5.91 Å². The number of hydrogen-bond acceptors (Lipinski definition) is 5. The third-order valence-corrected chi connectivity index (χ3v) is 5.11. The minimum absolute atomic E-state index is 0.00744. The molecular weight excluding hydrogens is 366 g/mol. The normalized spacial score (nSPS) is 11.2. The molecule has 0 atom stereocenters. The van der Waals surface area contributed by atoms with Crippen molar-refractivity contribution in [3.05, 3.63) is 64.7 Å². The molecule has 0 unspecified atom stereocenters. The molecule has 0 aliphatic heterocycles. The van der Waals surface area contributed by atoms with Crippen LogP contribution < -0.4 is 4.74 Å². The van der Waals surface area contributed by atoms with Crippen molar-refractivity contribution in [3.8, 4) is 5.75 Å². The van der Waals surface area contributed by atoms with E-state index in [1.54, 1.807) is 23.4 Å². The minimum Gasteiger partial charge on any atom is -0.497 e. The van der Waals surface area contributed by atoms with Gasteiger partial charge in [-0.25, -0.2) is 0 Å². The van der Waals surface area contributed by atoms with Crippen LogP contribution in [-0.2, 0) is 17.9 Å². The molecule has 2 heterocycles. The molecule has 4 aromatic rings. The summed E-state index contributed by atoms with van der Waals surface area (Å²) in [5.74, 6) is 0.784. The van der Waals surface area contributed by atoms with Gasteiger partial charge in [-0.2, -0.15) is 4.52 Å². The zero-order valence-electron chi connectivity index (χ0n) is 17.0. The first kappa shape index (κ1) is 18.9. The van der Waals surface area contributed by atoms with E-state index in [0.29, 0.717) is 18.7 Å². The van der Waals surface area contributed by atoms with Crippen LogP contribution in [0, 0.1) is 13.8 Å². The van der Waals surface area contributed by atoms with E-state index >= 15 is 0 Å². The molecule has 0 radical (unpaired) electrons. The molecule has 0 fully saturated rings. The summed E-state index contributed by atoms with van der Waals surface area (Å²) in [4.78, 5) is 14.2. The van der Waals surface area contributed by atoms with Gasteiger partial charge in [0.25, 0.3) is 0 Å². The number of pyridine rings is 1. The van der Waals surface area contributed by atoms with Crippen LogP contribution in [0.3, 0.4) is 0 Å². The number of rotatable bonds is 5. The van der Waals surface area contributed by atoms with E-state index in [4.69, 9.17) is 4.74 Å². The summed E-state index contributed by atoms with van der Waals surface area (Å²) >= 11 is 0. The molecule has 0 saturated carbocycles. The predicted molar refractivity (Wildman–Crippen MR) is 111 cm³/mol. The lowest BCUT2D eigenvalue weighted by Gasteiger charge is -2.22. The fraction of sp³-hybridized carbons (Fsp3) is 0.273. The first-order valence-corrected chi connectivity index (χ1v) is 9.45. The second kappa shape index (κ2) is 7.50. The van der Waals surface area contributed by atoms with Gasteiger partial charge in [0.15, 0.2) is 5.65 Å². The maximum absolute atomic E-state index is 12.4. The van der Waals surface area contributed by atoms with Crippen molar-refractivity contribution in [3.63, 3.8) is 0 Å². The summed E-state index contributed by atoms with van der Waals surface area (Å²) in [6.07, 6.45) is 0. The van der Waals surface area contributed by atoms with E-state index in [1.165, 1.54) is 5.56 Å². The molecule has 0 saturated heterocycles. The van der Waals surface area contributed by atoms with E-state index in [1.807, 2.05) is 24.3 Å². The number of nitrogens with zero attached hydrogens (tertiary/aromatic N) is 5. The molecule has 7 nitrogen and oxygen atoms in total. The average Bonchev–Trinajstić information content (AvgIpc) is 3.17. The monoisotopic (exact) mass is 389 g/mol. The summed E-state index contributed by atoms with van der Waals surface area (Å²) in [5.41, 5.74) is 5.90. The van der Waals surface area contributed by atoms with Crippen LogP contribution in [0.2, 0.25) is 0 Å². The lowest BCUT2D eigenvalue weighted by molar-refractivity contribution is -0.130. The smallest absolute Gasteiger partial charge is 0.220 e. The van der Waals surface area contributed by atoms with Crippen molar-refractivity contribution < 1.29 is 9.53 Å². The zero-order chi connectivity index (χ0) is 20.5. The van der Waals surface area contributed by atoms with E-state index < -0.39 is 0 Å². The van der Waals surface area contributed by atoms with Crippen molar-refractivity contribution in [2.75, 3.05) is 7.11 Å². The van der Waals surface area contributed by atoms with Crippen LogP contribution in [0.15, 0.2) is 42.5 Å². The molecule has 0 bridgehead atoms. The van der Waals surface area contributed by atoms with E-state index in [-0.39, 0.29) is 5.91 Å². The van der Waals surface area contributed by atoms with Crippen LogP contribution in [0.4, 0.5) is 0 Å². The number of benzene rings is 2. The number of aromatic nitrogens is 4. The number of tetrazole rings is 1. The number of carbonyl (C=O) groups excluding carboxylic acids is 1. The molecule has 2 aromatic heterocycles. The fourth-order valence-electron chi connectivity index (χ4n) is 3.73. The maximum atomic E-state index is 12.4. The highest BCUT2D eigenvalue weighted by atomic mass is 16.5. The molecular formula is C22H23N5O2. The van der Waals surface area contributed by atoms with Crippen molar-refractivity contribution in [1.82, 2.24) is 24.9 Å². The second-order valence-electron chi connectivity index (χ2n) is 7.33. The van der Waals surface area contributed by atoms with Gasteiger partial charge in [0.1, 0.15) is 5.75 Å². The van der Waals surface area contributed by atoms with Gasteiger partial charge in [-0.05, 0) is 59.7 Å². The molecule has 0 aliphatic rings. The van der Waals surface area contributed by atoms with Crippen molar-refractivity contribution in [2.24, 2.45) is 0 Å². The van der Waals surface area contributed by atoms with Gasteiger partial charge in [-0.3, -0.25) is 4.79 Å². The molecule has 29 heavy (non-hydrogen) atoms. The number of hydrogen-bond donors (Lipinski definition) is 0. The van der Waals surface area contributed by atoms with Crippen LogP contribution >= 0.6 is 0 Å². The Balaban J connectivity index is 1.73. The Kier molecular flexibility index (Phi) is 4.88. The number of amides is 1. The molecule has 1 amide bonds. The summed E-state index contributed by atoms with van der Waals surface area (Å²) in [5, 5.41) is 13.4. The average molecular weight is 389 g/mol. The van der Waals surface area contributed by atoms with Crippen molar-refractivity contribution in [1.29, 1.82) is 0 Å². The Morgan fingerprint density at radius 3 is 2.55 bits per heavy atom. The van der Waals surface area contributed by atoms with Crippen LogP contribution in [0.1, 0.15) is 29.2 Å². The Bertz CT molecular complexity index is 1200. The zero-order valence-corrected chi connectivity index (χ0v) is 17.0. The topological polar surface area (TPSA) is 72.6 Å². The Morgan fingerprint density at radius 2 is 1.86 bits per heavy atom. The molecule has 2 aromatic carbocycles. The number of fused-ring (bicyclic) bond motifs is 3. The van der Waals surface area contributed by atoms with Gasteiger partial charge in [0, 0.05) is 31.0 Å².